The second kappa shape index (κ2) is 9.49. The number of hydrogen-bond acceptors (Lipinski definition) is 4. The Bertz CT molecular complexity index is 566. The summed E-state index contributed by atoms with van der Waals surface area (Å²) in [5, 5.41) is 0. The second-order valence-corrected chi connectivity index (χ2v) is 6.00. The molecule has 6 nitrogen and oxygen atoms in total. The van der Waals surface area contributed by atoms with Crippen LogP contribution in [0.15, 0.2) is 24.3 Å². The van der Waals surface area contributed by atoms with E-state index in [1.54, 1.807) is 24.3 Å². The SMILES string of the molecule is CC(N)C1CCCCN1C(=O)CCOc1cccc(C(N)=O)c1.Cl. The highest BCUT2D eigenvalue weighted by molar-refractivity contribution is 5.93. The molecular formula is C17H26ClN3O3. The summed E-state index contributed by atoms with van der Waals surface area (Å²) in [5.41, 5.74) is 11.6. The first-order valence-electron chi connectivity index (χ1n) is 8.06. The molecule has 7 heteroatoms. The van der Waals surface area contributed by atoms with Crippen molar-refractivity contribution in [1.82, 2.24) is 4.90 Å². The quantitative estimate of drug-likeness (QED) is 0.811. The summed E-state index contributed by atoms with van der Waals surface area (Å²) in [6, 6.07) is 6.75. The zero-order chi connectivity index (χ0) is 16.8. The van der Waals surface area contributed by atoms with Crippen LogP contribution in [0.5, 0.6) is 5.75 Å². The van der Waals surface area contributed by atoms with E-state index >= 15 is 0 Å². The van der Waals surface area contributed by atoms with Crippen LogP contribution in [0.1, 0.15) is 43.0 Å². The predicted octanol–water partition coefficient (Wildman–Crippen LogP) is 1.70. The third-order valence-corrected chi connectivity index (χ3v) is 4.18. The number of amides is 2. The molecule has 24 heavy (non-hydrogen) atoms. The number of nitrogens with zero attached hydrogens (tertiary/aromatic N) is 1. The van der Waals surface area contributed by atoms with Gasteiger partial charge in [-0.1, -0.05) is 6.07 Å². The Morgan fingerprint density at radius 2 is 2.12 bits per heavy atom. The third kappa shape index (κ3) is 5.39. The zero-order valence-electron chi connectivity index (χ0n) is 13.9. The van der Waals surface area contributed by atoms with Gasteiger partial charge in [0.15, 0.2) is 0 Å². The van der Waals surface area contributed by atoms with Crippen molar-refractivity contribution in [1.29, 1.82) is 0 Å². The van der Waals surface area contributed by atoms with Crippen molar-refractivity contribution in [2.75, 3.05) is 13.2 Å². The van der Waals surface area contributed by atoms with Gasteiger partial charge in [0.2, 0.25) is 11.8 Å². The largest absolute Gasteiger partial charge is 0.493 e. The van der Waals surface area contributed by atoms with Gasteiger partial charge in [-0.3, -0.25) is 9.59 Å². The summed E-state index contributed by atoms with van der Waals surface area (Å²) in [4.78, 5) is 25.4. The van der Waals surface area contributed by atoms with Crippen LogP contribution in [-0.2, 0) is 4.79 Å². The molecular weight excluding hydrogens is 330 g/mol. The van der Waals surface area contributed by atoms with Crippen molar-refractivity contribution in [3.8, 4) is 5.75 Å². The Morgan fingerprint density at radius 3 is 2.79 bits per heavy atom. The molecule has 2 atom stereocenters. The van der Waals surface area contributed by atoms with E-state index in [-0.39, 0.29) is 37.0 Å². The van der Waals surface area contributed by atoms with E-state index in [9.17, 15) is 9.59 Å². The summed E-state index contributed by atoms with van der Waals surface area (Å²) < 4.78 is 5.57. The average molecular weight is 356 g/mol. The standard InChI is InChI=1S/C17H25N3O3.ClH/c1-12(18)15-7-2-3-9-20(15)16(21)8-10-23-14-6-4-5-13(11-14)17(19)22;/h4-6,11-12,15H,2-3,7-10,18H2,1H3,(H2,19,22);1H. The maximum Gasteiger partial charge on any atom is 0.248 e. The number of halogens is 1. The van der Waals surface area contributed by atoms with Crippen LogP contribution in [-0.4, -0.2) is 41.9 Å². The van der Waals surface area contributed by atoms with E-state index in [1.165, 1.54) is 0 Å². The summed E-state index contributed by atoms with van der Waals surface area (Å²) in [7, 11) is 0. The molecule has 1 aromatic rings. The number of ether oxygens (including phenoxy) is 1. The van der Waals surface area contributed by atoms with Gasteiger partial charge in [0, 0.05) is 24.2 Å². The number of hydrogen-bond donors (Lipinski definition) is 2. The molecule has 2 unspecified atom stereocenters. The molecule has 0 radical (unpaired) electrons. The van der Waals surface area contributed by atoms with Crippen molar-refractivity contribution >= 4 is 24.2 Å². The maximum absolute atomic E-state index is 12.4. The van der Waals surface area contributed by atoms with Crippen molar-refractivity contribution < 1.29 is 14.3 Å². The molecule has 1 aliphatic heterocycles. The lowest BCUT2D eigenvalue weighted by Crippen LogP contribution is -2.51. The highest BCUT2D eigenvalue weighted by Gasteiger charge is 2.28. The summed E-state index contributed by atoms with van der Waals surface area (Å²) in [5.74, 6) is 0.106. The zero-order valence-corrected chi connectivity index (χ0v) is 14.8. The number of rotatable bonds is 6. The minimum absolute atomic E-state index is 0. The Balaban J connectivity index is 0.00000288. The van der Waals surface area contributed by atoms with Gasteiger partial charge in [-0.2, -0.15) is 0 Å². The molecule has 2 rings (SSSR count). The van der Waals surface area contributed by atoms with Crippen LogP contribution >= 0.6 is 12.4 Å². The normalized spacial score (nSPS) is 18.4. The molecule has 0 saturated carbocycles. The monoisotopic (exact) mass is 355 g/mol. The van der Waals surface area contributed by atoms with Gasteiger partial charge in [-0.25, -0.2) is 0 Å². The highest BCUT2D eigenvalue weighted by Crippen LogP contribution is 2.20. The lowest BCUT2D eigenvalue weighted by molar-refractivity contribution is -0.135. The molecule has 1 saturated heterocycles. The van der Waals surface area contributed by atoms with Gasteiger partial charge in [-0.05, 0) is 44.4 Å². The molecule has 1 fully saturated rings. The lowest BCUT2D eigenvalue weighted by atomic mass is 9.96. The summed E-state index contributed by atoms with van der Waals surface area (Å²) in [6.45, 7) is 2.98. The van der Waals surface area contributed by atoms with Gasteiger partial charge in [-0.15, -0.1) is 12.4 Å². The van der Waals surface area contributed by atoms with Crippen LogP contribution in [0.3, 0.4) is 0 Å². The lowest BCUT2D eigenvalue weighted by Gasteiger charge is -2.38. The highest BCUT2D eigenvalue weighted by atomic mass is 35.5. The third-order valence-electron chi connectivity index (χ3n) is 4.18. The fourth-order valence-electron chi connectivity index (χ4n) is 2.95. The molecule has 0 aliphatic carbocycles. The van der Waals surface area contributed by atoms with Gasteiger partial charge in [0.1, 0.15) is 5.75 Å². The number of carbonyl (C=O) groups is 2. The molecule has 134 valence electrons. The fraction of sp³-hybridized carbons (Fsp3) is 0.529. The van der Waals surface area contributed by atoms with E-state index in [0.717, 1.165) is 25.8 Å². The number of likely N-dealkylation sites (tertiary alicyclic amines) is 1. The Kier molecular flexibility index (Phi) is 8.01. The first-order valence-corrected chi connectivity index (χ1v) is 8.06. The number of benzene rings is 1. The number of primary amides is 1. The number of piperidine rings is 1. The van der Waals surface area contributed by atoms with Gasteiger partial charge < -0.3 is 21.1 Å². The van der Waals surface area contributed by atoms with Crippen LogP contribution < -0.4 is 16.2 Å². The first kappa shape index (κ1) is 20.3. The van der Waals surface area contributed by atoms with Gasteiger partial charge >= 0.3 is 0 Å². The predicted molar refractivity (Wildman–Crippen MR) is 95.3 cm³/mol. The van der Waals surface area contributed by atoms with Crippen molar-refractivity contribution in [3.05, 3.63) is 29.8 Å². The summed E-state index contributed by atoms with van der Waals surface area (Å²) >= 11 is 0. The number of nitrogens with two attached hydrogens (primary N) is 2. The van der Waals surface area contributed by atoms with E-state index in [0.29, 0.717) is 17.7 Å². The molecule has 4 N–H and O–H groups in total. The van der Waals surface area contributed by atoms with Crippen LogP contribution in [0.25, 0.3) is 0 Å². The minimum atomic E-state index is -0.500. The van der Waals surface area contributed by atoms with E-state index < -0.39 is 5.91 Å². The van der Waals surface area contributed by atoms with Crippen molar-refractivity contribution in [3.63, 3.8) is 0 Å². The smallest absolute Gasteiger partial charge is 0.248 e. The average Bonchev–Trinajstić information content (AvgIpc) is 2.55. The van der Waals surface area contributed by atoms with E-state index in [2.05, 4.69) is 0 Å². The van der Waals surface area contributed by atoms with Crippen LogP contribution in [0.4, 0.5) is 0 Å². The molecule has 2 amide bonds. The molecule has 0 spiro atoms. The fourth-order valence-corrected chi connectivity index (χ4v) is 2.95. The molecule has 0 bridgehead atoms. The minimum Gasteiger partial charge on any atom is -0.493 e. The molecule has 1 aromatic carbocycles. The van der Waals surface area contributed by atoms with E-state index in [1.807, 2.05) is 11.8 Å². The molecule has 1 aliphatic rings. The van der Waals surface area contributed by atoms with Crippen molar-refractivity contribution in [2.45, 2.75) is 44.7 Å². The molecule has 0 aromatic heterocycles. The van der Waals surface area contributed by atoms with Gasteiger partial charge in [0.25, 0.3) is 0 Å². The Hall–Kier alpha value is -1.79. The maximum atomic E-state index is 12.4. The number of carbonyl (C=O) groups excluding carboxylic acids is 2. The second-order valence-electron chi connectivity index (χ2n) is 6.00. The Morgan fingerprint density at radius 1 is 1.38 bits per heavy atom. The Labute approximate surface area is 148 Å². The topological polar surface area (TPSA) is 98.7 Å². The first-order chi connectivity index (χ1) is 11.0. The summed E-state index contributed by atoms with van der Waals surface area (Å²) in [6.07, 6.45) is 3.40. The van der Waals surface area contributed by atoms with Crippen LogP contribution in [0.2, 0.25) is 0 Å². The van der Waals surface area contributed by atoms with Crippen LogP contribution in [0, 0.1) is 0 Å². The van der Waals surface area contributed by atoms with Crippen molar-refractivity contribution in [2.24, 2.45) is 11.5 Å². The van der Waals surface area contributed by atoms with Gasteiger partial charge in [0.05, 0.1) is 13.0 Å². The van der Waals surface area contributed by atoms with E-state index in [4.69, 9.17) is 16.2 Å². The molecule has 1 heterocycles.